The summed E-state index contributed by atoms with van der Waals surface area (Å²) in [7, 11) is 1.54. The van der Waals surface area contributed by atoms with E-state index < -0.39 is 6.04 Å². The van der Waals surface area contributed by atoms with E-state index in [0.29, 0.717) is 18.8 Å². The Morgan fingerprint density at radius 3 is 2.95 bits per heavy atom. The molecule has 1 aromatic rings. The van der Waals surface area contributed by atoms with Crippen LogP contribution in [-0.4, -0.2) is 54.5 Å². The summed E-state index contributed by atoms with van der Waals surface area (Å²) in [5, 5.41) is 2.54. The van der Waals surface area contributed by atoms with Crippen LogP contribution in [0.4, 0.5) is 0 Å². The molecule has 102 valence electrons. The van der Waals surface area contributed by atoms with E-state index in [4.69, 9.17) is 4.74 Å². The van der Waals surface area contributed by atoms with Crippen LogP contribution in [0.5, 0.6) is 0 Å². The standard InChI is InChI=1S/C12H14BrN3O3/c1-14-11(17)10-7-19-5-4-16(10)12(18)9-3-2-8(13)6-15-9/h2-3,6,10H,4-5,7H2,1H3,(H,14,17). The minimum Gasteiger partial charge on any atom is -0.377 e. The molecule has 1 atom stereocenters. The van der Waals surface area contributed by atoms with Gasteiger partial charge in [0.2, 0.25) is 5.91 Å². The lowest BCUT2D eigenvalue weighted by atomic mass is 10.2. The number of nitrogens with one attached hydrogen (secondary N) is 1. The monoisotopic (exact) mass is 327 g/mol. The van der Waals surface area contributed by atoms with Gasteiger partial charge in [-0.3, -0.25) is 9.59 Å². The molecule has 1 N–H and O–H groups in total. The molecule has 6 nitrogen and oxygen atoms in total. The van der Waals surface area contributed by atoms with Gasteiger partial charge in [-0.05, 0) is 28.1 Å². The van der Waals surface area contributed by atoms with Gasteiger partial charge in [0.15, 0.2) is 0 Å². The van der Waals surface area contributed by atoms with Crippen molar-refractivity contribution in [3.8, 4) is 0 Å². The molecule has 1 aromatic heterocycles. The summed E-state index contributed by atoms with van der Waals surface area (Å²) in [6.45, 7) is 1.02. The van der Waals surface area contributed by atoms with Gasteiger partial charge in [-0.2, -0.15) is 0 Å². The Morgan fingerprint density at radius 1 is 1.53 bits per heavy atom. The van der Waals surface area contributed by atoms with Crippen LogP contribution in [0.3, 0.4) is 0 Å². The molecule has 0 aliphatic carbocycles. The highest BCUT2D eigenvalue weighted by Gasteiger charge is 2.33. The zero-order chi connectivity index (χ0) is 13.8. The van der Waals surface area contributed by atoms with Gasteiger partial charge in [-0.15, -0.1) is 0 Å². The fraction of sp³-hybridized carbons (Fsp3) is 0.417. The van der Waals surface area contributed by atoms with E-state index in [0.717, 1.165) is 4.47 Å². The Hall–Kier alpha value is -1.47. The number of nitrogens with zero attached hydrogens (tertiary/aromatic N) is 2. The van der Waals surface area contributed by atoms with Crippen molar-refractivity contribution in [2.45, 2.75) is 6.04 Å². The summed E-state index contributed by atoms with van der Waals surface area (Å²) in [6, 6.07) is 2.77. The first kappa shape index (κ1) is 14.0. The number of ether oxygens (including phenoxy) is 1. The molecule has 1 unspecified atom stereocenters. The number of aromatic nitrogens is 1. The highest BCUT2D eigenvalue weighted by molar-refractivity contribution is 9.10. The second kappa shape index (κ2) is 6.12. The first-order chi connectivity index (χ1) is 9.13. The SMILES string of the molecule is CNC(=O)C1COCCN1C(=O)c1ccc(Br)cn1. The minimum atomic E-state index is -0.600. The number of hydrogen-bond acceptors (Lipinski definition) is 4. The highest BCUT2D eigenvalue weighted by atomic mass is 79.9. The molecular weight excluding hydrogens is 314 g/mol. The number of carbonyl (C=O) groups excluding carboxylic acids is 2. The molecule has 0 spiro atoms. The molecular formula is C12H14BrN3O3. The summed E-state index contributed by atoms with van der Waals surface area (Å²) in [5.74, 6) is -0.491. The number of hydrogen-bond donors (Lipinski definition) is 1. The normalized spacial score (nSPS) is 19.1. The Morgan fingerprint density at radius 2 is 2.32 bits per heavy atom. The highest BCUT2D eigenvalue weighted by Crippen LogP contribution is 2.13. The molecule has 1 aliphatic heterocycles. The lowest BCUT2D eigenvalue weighted by Gasteiger charge is -2.34. The predicted octanol–water partition coefficient (Wildman–Crippen LogP) is 0.431. The lowest BCUT2D eigenvalue weighted by Crippen LogP contribution is -2.55. The molecule has 1 saturated heterocycles. The molecule has 0 saturated carbocycles. The van der Waals surface area contributed by atoms with Crippen LogP contribution in [0.15, 0.2) is 22.8 Å². The fourth-order valence-corrected chi connectivity index (χ4v) is 2.11. The van der Waals surface area contributed by atoms with Gasteiger partial charge >= 0.3 is 0 Å². The number of likely N-dealkylation sites (N-methyl/N-ethyl adjacent to an activating group) is 1. The second-order valence-electron chi connectivity index (χ2n) is 4.07. The molecule has 2 rings (SSSR count). The Balaban J connectivity index is 2.20. The first-order valence-corrected chi connectivity index (χ1v) is 6.64. The summed E-state index contributed by atoms with van der Waals surface area (Å²) in [4.78, 5) is 29.7. The molecule has 19 heavy (non-hydrogen) atoms. The summed E-state index contributed by atoms with van der Waals surface area (Å²) < 4.78 is 6.06. The molecule has 0 aromatic carbocycles. The average Bonchev–Trinajstić information content (AvgIpc) is 2.46. The van der Waals surface area contributed by atoms with Crippen LogP contribution in [0.1, 0.15) is 10.5 Å². The van der Waals surface area contributed by atoms with Gasteiger partial charge in [0.25, 0.3) is 5.91 Å². The molecule has 2 amide bonds. The zero-order valence-corrected chi connectivity index (χ0v) is 12.0. The number of pyridine rings is 1. The Kier molecular flexibility index (Phi) is 4.49. The smallest absolute Gasteiger partial charge is 0.273 e. The largest absolute Gasteiger partial charge is 0.377 e. The number of morpholine rings is 1. The minimum absolute atomic E-state index is 0.210. The van der Waals surface area contributed by atoms with Gasteiger partial charge in [0.05, 0.1) is 13.2 Å². The van der Waals surface area contributed by atoms with Gasteiger partial charge in [-0.25, -0.2) is 4.98 Å². The van der Waals surface area contributed by atoms with Crippen LogP contribution in [-0.2, 0) is 9.53 Å². The van der Waals surface area contributed by atoms with Crippen molar-refractivity contribution < 1.29 is 14.3 Å². The van der Waals surface area contributed by atoms with Crippen molar-refractivity contribution in [1.29, 1.82) is 0 Å². The van der Waals surface area contributed by atoms with E-state index in [9.17, 15) is 9.59 Å². The molecule has 0 bridgehead atoms. The molecule has 2 heterocycles. The Bertz CT molecular complexity index is 478. The lowest BCUT2D eigenvalue weighted by molar-refractivity contribution is -0.130. The molecule has 1 fully saturated rings. The van der Waals surface area contributed by atoms with Crippen LogP contribution in [0.2, 0.25) is 0 Å². The Labute approximate surface area is 119 Å². The van der Waals surface area contributed by atoms with E-state index in [1.165, 1.54) is 11.9 Å². The van der Waals surface area contributed by atoms with Crippen molar-refractivity contribution in [3.05, 3.63) is 28.5 Å². The summed E-state index contributed by atoms with van der Waals surface area (Å²) >= 11 is 3.27. The number of halogens is 1. The van der Waals surface area contributed by atoms with Gasteiger partial charge < -0.3 is 15.0 Å². The zero-order valence-electron chi connectivity index (χ0n) is 10.4. The topological polar surface area (TPSA) is 71.5 Å². The quantitative estimate of drug-likeness (QED) is 0.855. The van der Waals surface area contributed by atoms with Crippen LogP contribution in [0.25, 0.3) is 0 Å². The van der Waals surface area contributed by atoms with Crippen LogP contribution in [0, 0.1) is 0 Å². The van der Waals surface area contributed by atoms with E-state index in [1.54, 1.807) is 18.3 Å². The second-order valence-corrected chi connectivity index (χ2v) is 4.98. The van der Waals surface area contributed by atoms with Crippen molar-refractivity contribution >= 4 is 27.7 Å². The average molecular weight is 328 g/mol. The van der Waals surface area contributed by atoms with E-state index >= 15 is 0 Å². The van der Waals surface area contributed by atoms with E-state index in [2.05, 4.69) is 26.2 Å². The number of carbonyl (C=O) groups is 2. The van der Waals surface area contributed by atoms with E-state index in [-0.39, 0.29) is 18.4 Å². The molecule has 7 heteroatoms. The summed E-state index contributed by atoms with van der Waals surface area (Å²) in [5.41, 5.74) is 0.319. The van der Waals surface area contributed by atoms with Crippen molar-refractivity contribution in [2.75, 3.05) is 26.8 Å². The van der Waals surface area contributed by atoms with Crippen molar-refractivity contribution in [2.24, 2.45) is 0 Å². The first-order valence-electron chi connectivity index (χ1n) is 5.85. The van der Waals surface area contributed by atoms with Crippen LogP contribution < -0.4 is 5.32 Å². The summed E-state index contributed by atoms with van der Waals surface area (Å²) in [6.07, 6.45) is 1.56. The predicted molar refractivity (Wildman–Crippen MR) is 71.6 cm³/mol. The van der Waals surface area contributed by atoms with E-state index in [1.807, 2.05) is 0 Å². The maximum absolute atomic E-state index is 12.4. The maximum Gasteiger partial charge on any atom is 0.273 e. The van der Waals surface area contributed by atoms with Gasteiger partial charge in [0.1, 0.15) is 11.7 Å². The van der Waals surface area contributed by atoms with Crippen molar-refractivity contribution in [3.63, 3.8) is 0 Å². The third-order valence-electron chi connectivity index (χ3n) is 2.88. The van der Waals surface area contributed by atoms with Gasteiger partial charge in [0, 0.05) is 24.3 Å². The third kappa shape index (κ3) is 3.10. The van der Waals surface area contributed by atoms with Crippen molar-refractivity contribution in [1.82, 2.24) is 15.2 Å². The molecule has 1 aliphatic rings. The number of rotatable bonds is 2. The van der Waals surface area contributed by atoms with Gasteiger partial charge in [-0.1, -0.05) is 0 Å². The fourth-order valence-electron chi connectivity index (χ4n) is 1.88. The third-order valence-corrected chi connectivity index (χ3v) is 3.35. The number of amides is 2. The van der Waals surface area contributed by atoms with Crippen LogP contribution >= 0.6 is 15.9 Å². The molecule has 0 radical (unpaired) electrons. The maximum atomic E-state index is 12.4.